The molecule has 0 saturated heterocycles. The predicted octanol–water partition coefficient (Wildman–Crippen LogP) is 5.13. The van der Waals surface area contributed by atoms with Crippen LogP contribution in [-0.2, 0) is 20.1 Å². The molecule has 2 saturated carbocycles. The van der Waals surface area contributed by atoms with Crippen LogP contribution in [0.15, 0.2) is 48.7 Å². The van der Waals surface area contributed by atoms with Gasteiger partial charge >= 0.3 is 0 Å². The van der Waals surface area contributed by atoms with E-state index in [-0.39, 0.29) is 49.1 Å². The Bertz CT molecular complexity index is 692. The Morgan fingerprint density at radius 1 is 0.966 bits per heavy atom. The number of aliphatic hydroxyl groups is 2. The molecule has 29 heavy (non-hydrogen) atoms. The van der Waals surface area contributed by atoms with Gasteiger partial charge in [0, 0.05) is 32.2 Å². The van der Waals surface area contributed by atoms with Gasteiger partial charge in [-0.2, -0.15) is 0 Å². The molecule has 1 aromatic carbocycles. The molecule has 0 amide bonds. The molecule has 0 spiro atoms. The monoisotopic (exact) mass is 573 g/mol. The van der Waals surface area contributed by atoms with Gasteiger partial charge in [0.15, 0.2) is 0 Å². The van der Waals surface area contributed by atoms with Gasteiger partial charge in [0.2, 0.25) is 0 Å². The summed E-state index contributed by atoms with van der Waals surface area (Å²) < 4.78 is 0. The Morgan fingerprint density at radius 3 is 1.97 bits per heavy atom. The smallest absolute Gasteiger partial charge is 0.0649 e. The van der Waals surface area contributed by atoms with E-state index in [9.17, 15) is 10.2 Å². The van der Waals surface area contributed by atoms with Crippen molar-refractivity contribution in [2.75, 3.05) is 0 Å². The van der Waals surface area contributed by atoms with E-state index in [1.54, 1.807) is 6.20 Å². The summed E-state index contributed by atoms with van der Waals surface area (Å²) in [5.74, 6) is 0.648. The third-order valence-electron chi connectivity index (χ3n) is 7.42. The van der Waals surface area contributed by atoms with Gasteiger partial charge in [-0.15, -0.1) is 35.9 Å². The van der Waals surface area contributed by atoms with Gasteiger partial charge in [-0.3, -0.25) is 0 Å². The van der Waals surface area contributed by atoms with Gasteiger partial charge in [-0.05, 0) is 54.2 Å². The Morgan fingerprint density at radius 2 is 1.55 bits per heavy atom. The Hall–Kier alpha value is -1.06. The summed E-state index contributed by atoms with van der Waals surface area (Å²) in [6, 6.07) is 16.8. The molecule has 1 heterocycles. The average molecular weight is 573 g/mol. The second-order valence-electron chi connectivity index (χ2n) is 9.14. The van der Waals surface area contributed by atoms with Crippen LogP contribution in [0.2, 0.25) is 0 Å². The summed E-state index contributed by atoms with van der Waals surface area (Å²) in [7, 11) is 0. The van der Waals surface area contributed by atoms with Gasteiger partial charge in [0.1, 0.15) is 0 Å². The molecule has 161 valence electrons. The van der Waals surface area contributed by atoms with E-state index in [2.05, 4.69) is 38.7 Å². The van der Waals surface area contributed by atoms with Crippen molar-refractivity contribution in [1.29, 1.82) is 0 Å². The van der Waals surface area contributed by atoms with E-state index in [0.29, 0.717) is 5.92 Å². The first kappa shape index (κ1) is 24.2. The Balaban J connectivity index is 0.000000207. The maximum atomic E-state index is 10.5. The minimum absolute atomic E-state index is 0. The normalized spacial score (nSPS) is 35.2. The van der Waals surface area contributed by atoms with Crippen molar-refractivity contribution < 1.29 is 30.3 Å². The number of nitrogens with zero attached hydrogens (tertiary/aromatic N) is 1. The van der Waals surface area contributed by atoms with E-state index in [0.717, 1.165) is 36.9 Å². The summed E-state index contributed by atoms with van der Waals surface area (Å²) in [5, 5.41) is 20.9. The average Bonchev–Trinajstić information content (AvgIpc) is 3.13. The second kappa shape index (κ2) is 9.83. The third-order valence-corrected chi connectivity index (χ3v) is 7.42. The molecule has 2 aliphatic carbocycles. The zero-order chi connectivity index (χ0) is 20.4. The van der Waals surface area contributed by atoms with Crippen molar-refractivity contribution in [2.45, 2.75) is 65.6 Å². The van der Waals surface area contributed by atoms with Crippen LogP contribution in [0.5, 0.6) is 0 Å². The van der Waals surface area contributed by atoms with Crippen LogP contribution in [0.25, 0.3) is 11.3 Å². The van der Waals surface area contributed by atoms with E-state index >= 15 is 0 Å². The minimum atomic E-state index is -0.314. The number of benzene rings is 1. The van der Waals surface area contributed by atoms with E-state index in [4.69, 9.17) is 0 Å². The molecule has 2 aromatic rings. The van der Waals surface area contributed by atoms with Crippen molar-refractivity contribution in [3.8, 4) is 11.3 Å². The summed E-state index contributed by atoms with van der Waals surface area (Å²) in [6.07, 6.45) is 5.35. The topological polar surface area (TPSA) is 53.4 Å². The van der Waals surface area contributed by atoms with E-state index in [1.165, 1.54) is 0 Å². The first-order valence-corrected chi connectivity index (χ1v) is 10.6. The number of pyridine rings is 1. The fourth-order valence-corrected chi connectivity index (χ4v) is 5.18. The van der Waals surface area contributed by atoms with E-state index < -0.39 is 0 Å². The van der Waals surface area contributed by atoms with Crippen LogP contribution < -0.4 is 0 Å². The summed E-state index contributed by atoms with van der Waals surface area (Å²) in [6.45, 7) is 8.64. The Labute approximate surface area is 189 Å². The molecule has 0 bridgehead atoms. The molecule has 4 rings (SSSR count). The molecule has 1 aromatic heterocycles. The SMILES string of the molecule is CC[C@@]1(C)CC2C[C@@](C)(CC)C(O)C2C1O.[Ir].[c-]1ccccc1-c1ccccn1. The van der Waals surface area contributed by atoms with Crippen LogP contribution in [0, 0.1) is 28.7 Å². The molecule has 1 radical (unpaired) electrons. The molecule has 2 N–H and O–H groups in total. The van der Waals surface area contributed by atoms with Crippen molar-refractivity contribution in [3.63, 3.8) is 0 Å². The number of fused-ring (bicyclic) bond motifs is 1. The number of aromatic nitrogens is 1. The van der Waals surface area contributed by atoms with Gasteiger partial charge in [-0.25, -0.2) is 0 Å². The fourth-order valence-electron chi connectivity index (χ4n) is 5.18. The predicted molar refractivity (Wildman–Crippen MR) is 114 cm³/mol. The van der Waals surface area contributed by atoms with Crippen LogP contribution in [0.1, 0.15) is 53.4 Å². The number of hydrogen-bond donors (Lipinski definition) is 2. The van der Waals surface area contributed by atoms with Gasteiger partial charge in [0.05, 0.1) is 12.2 Å². The molecule has 2 aliphatic rings. The summed E-state index contributed by atoms with van der Waals surface area (Å²) >= 11 is 0. The minimum Gasteiger partial charge on any atom is -0.392 e. The molecular weight excluding hydrogens is 538 g/mol. The molecule has 4 heteroatoms. The largest absolute Gasteiger partial charge is 0.392 e. The van der Waals surface area contributed by atoms with Crippen molar-refractivity contribution >= 4 is 0 Å². The quantitative estimate of drug-likeness (QED) is 0.502. The molecule has 2 fully saturated rings. The molecular formula is C25H34IrNO2-. The van der Waals surface area contributed by atoms with Crippen LogP contribution in [0.3, 0.4) is 0 Å². The maximum Gasteiger partial charge on any atom is 0.0649 e. The van der Waals surface area contributed by atoms with Gasteiger partial charge in [0.25, 0.3) is 0 Å². The van der Waals surface area contributed by atoms with Crippen molar-refractivity contribution in [2.24, 2.45) is 22.7 Å². The van der Waals surface area contributed by atoms with Crippen molar-refractivity contribution in [3.05, 3.63) is 54.7 Å². The summed E-state index contributed by atoms with van der Waals surface area (Å²) in [5.41, 5.74) is 2.08. The zero-order valence-electron chi connectivity index (χ0n) is 17.9. The zero-order valence-corrected chi connectivity index (χ0v) is 20.3. The fraction of sp³-hybridized carbons (Fsp3) is 0.560. The van der Waals surface area contributed by atoms with E-state index in [1.807, 2.05) is 42.5 Å². The van der Waals surface area contributed by atoms with Gasteiger partial charge < -0.3 is 15.2 Å². The van der Waals surface area contributed by atoms with Crippen molar-refractivity contribution in [1.82, 2.24) is 4.98 Å². The molecule has 4 unspecified atom stereocenters. The molecule has 0 aliphatic heterocycles. The number of rotatable bonds is 3. The first-order chi connectivity index (χ1) is 13.3. The first-order valence-electron chi connectivity index (χ1n) is 10.6. The number of hydrogen-bond acceptors (Lipinski definition) is 3. The number of aliphatic hydroxyl groups excluding tert-OH is 2. The standard InChI is InChI=1S/C14H26O2.C11H8N.Ir/c1-5-13(3)7-9-8-14(4,6-2)12(16)10(9)11(13)15;1-2-6-10(7-3-1)11-8-4-5-9-12-11;/h9-12,15-16H,5-8H2,1-4H3;1-6,8-9H;/q;-1;/t9?,10?,11?,12?,13-,14+;;. The van der Waals surface area contributed by atoms with Gasteiger partial charge in [-0.1, -0.05) is 39.8 Å². The third kappa shape index (κ3) is 4.82. The molecule has 3 nitrogen and oxygen atoms in total. The molecule has 6 atom stereocenters. The summed E-state index contributed by atoms with van der Waals surface area (Å²) in [4.78, 5) is 4.22. The Kier molecular flexibility index (Phi) is 8.21. The maximum absolute atomic E-state index is 10.5. The second-order valence-corrected chi connectivity index (χ2v) is 9.14. The van der Waals surface area contributed by atoms with Crippen LogP contribution >= 0.6 is 0 Å². The van der Waals surface area contributed by atoms with Crippen LogP contribution in [0.4, 0.5) is 0 Å². The van der Waals surface area contributed by atoms with Crippen LogP contribution in [-0.4, -0.2) is 27.4 Å².